The highest BCUT2D eigenvalue weighted by Gasteiger charge is 2.29. The van der Waals surface area contributed by atoms with Crippen LogP contribution in [0.5, 0.6) is 0 Å². The Kier molecular flexibility index (Phi) is 5.65. The minimum atomic E-state index is -1.17. The molecule has 3 aromatic rings. The minimum absolute atomic E-state index is 0.0319. The van der Waals surface area contributed by atoms with Crippen LogP contribution in [0.25, 0.3) is 11.1 Å². The molecule has 0 fully saturated rings. The Morgan fingerprint density at radius 2 is 1.65 bits per heavy atom. The Morgan fingerprint density at radius 3 is 2.29 bits per heavy atom. The minimum Gasteiger partial charge on any atom is -0.480 e. The lowest BCUT2D eigenvalue weighted by atomic mass is 9.98. The van der Waals surface area contributed by atoms with E-state index in [1.54, 1.807) is 0 Å². The number of carboxylic acid groups (broad SMARTS) is 1. The number of carbonyl (C=O) groups excluding carboxylic acids is 2. The Hall–Kier alpha value is -4.14. The Bertz CT molecular complexity index is 1090. The fourth-order valence-electron chi connectivity index (χ4n) is 3.56. The number of carboxylic acids is 1. The van der Waals surface area contributed by atoms with Gasteiger partial charge in [0, 0.05) is 12.0 Å². The van der Waals surface area contributed by atoms with Crippen molar-refractivity contribution < 1.29 is 28.8 Å². The molecule has 0 atom stereocenters. The van der Waals surface area contributed by atoms with Crippen LogP contribution >= 0.6 is 0 Å². The predicted octanol–water partition coefficient (Wildman–Crippen LogP) is 2.53. The van der Waals surface area contributed by atoms with Crippen molar-refractivity contribution >= 4 is 18.0 Å². The first-order valence-corrected chi connectivity index (χ1v) is 9.57. The standard InChI is InChI=1S/C22H19N3O6/c26-20(27)11-23-21(28)19-9-13(31-25-19)10-24-22(29)30-12-18-16-7-3-1-5-14(16)15-6-2-4-8-17(15)18/h1-9,18H,10-12H2,(H,23,28)(H,24,29)(H,26,27). The Balaban J connectivity index is 1.32. The van der Waals surface area contributed by atoms with Gasteiger partial charge in [-0.15, -0.1) is 0 Å². The van der Waals surface area contributed by atoms with Crippen molar-refractivity contribution in [3.8, 4) is 11.1 Å². The van der Waals surface area contributed by atoms with E-state index in [4.69, 9.17) is 14.4 Å². The summed E-state index contributed by atoms with van der Waals surface area (Å²) in [7, 11) is 0. The van der Waals surface area contributed by atoms with E-state index < -0.39 is 24.5 Å². The maximum atomic E-state index is 12.2. The van der Waals surface area contributed by atoms with Crippen LogP contribution in [0.4, 0.5) is 4.79 Å². The number of carbonyl (C=O) groups is 3. The second-order valence-electron chi connectivity index (χ2n) is 6.93. The van der Waals surface area contributed by atoms with Crippen molar-refractivity contribution in [3.63, 3.8) is 0 Å². The lowest BCUT2D eigenvalue weighted by molar-refractivity contribution is -0.135. The topological polar surface area (TPSA) is 131 Å². The van der Waals surface area contributed by atoms with Crippen molar-refractivity contribution in [1.82, 2.24) is 15.8 Å². The summed E-state index contributed by atoms with van der Waals surface area (Å²) in [6.45, 7) is -0.381. The summed E-state index contributed by atoms with van der Waals surface area (Å²) in [6.07, 6.45) is -0.629. The lowest BCUT2D eigenvalue weighted by Crippen LogP contribution is -2.29. The number of ether oxygens (including phenoxy) is 1. The van der Waals surface area contributed by atoms with Crippen molar-refractivity contribution in [3.05, 3.63) is 77.2 Å². The first-order chi connectivity index (χ1) is 15.0. The van der Waals surface area contributed by atoms with Crippen molar-refractivity contribution in [2.75, 3.05) is 13.2 Å². The molecular formula is C22H19N3O6. The molecule has 1 aromatic heterocycles. The molecule has 1 aliphatic carbocycles. The van der Waals surface area contributed by atoms with Crippen LogP contribution in [0.2, 0.25) is 0 Å². The van der Waals surface area contributed by atoms with Gasteiger partial charge in [0.15, 0.2) is 11.5 Å². The van der Waals surface area contributed by atoms with E-state index in [0.29, 0.717) is 0 Å². The van der Waals surface area contributed by atoms with Gasteiger partial charge in [-0.25, -0.2) is 4.79 Å². The zero-order valence-corrected chi connectivity index (χ0v) is 16.3. The SMILES string of the molecule is O=C(O)CNC(=O)c1cc(CNC(=O)OCC2c3ccccc3-c3ccccc32)on1. The molecule has 0 aliphatic heterocycles. The third-order valence-electron chi connectivity index (χ3n) is 4.94. The largest absolute Gasteiger partial charge is 0.480 e. The summed E-state index contributed by atoms with van der Waals surface area (Å²) in [5.41, 5.74) is 4.43. The van der Waals surface area contributed by atoms with Crippen LogP contribution < -0.4 is 10.6 Å². The maximum absolute atomic E-state index is 12.2. The Morgan fingerprint density at radius 1 is 1.00 bits per heavy atom. The third kappa shape index (κ3) is 4.40. The number of hydrogen-bond acceptors (Lipinski definition) is 6. The van der Waals surface area contributed by atoms with Crippen molar-refractivity contribution in [2.45, 2.75) is 12.5 Å². The summed E-state index contributed by atoms with van der Waals surface area (Å²) in [5, 5.41) is 16.9. The molecule has 9 heteroatoms. The smallest absolute Gasteiger partial charge is 0.407 e. The number of aliphatic carboxylic acids is 1. The summed E-state index contributed by atoms with van der Waals surface area (Å²) >= 11 is 0. The van der Waals surface area contributed by atoms with Gasteiger partial charge in [0.1, 0.15) is 13.2 Å². The van der Waals surface area contributed by atoms with Crippen LogP contribution in [-0.2, 0) is 16.1 Å². The average molecular weight is 421 g/mol. The number of fused-ring (bicyclic) bond motifs is 3. The normalized spacial score (nSPS) is 12.0. The van der Waals surface area contributed by atoms with Gasteiger partial charge in [-0.3, -0.25) is 9.59 Å². The molecule has 0 spiro atoms. The zero-order chi connectivity index (χ0) is 21.8. The van der Waals surface area contributed by atoms with Crippen LogP contribution in [-0.4, -0.2) is 41.4 Å². The fourth-order valence-corrected chi connectivity index (χ4v) is 3.56. The van der Waals surface area contributed by atoms with Gasteiger partial charge in [0.05, 0.1) is 6.54 Å². The number of alkyl carbamates (subject to hydrolysis) is 1. The van der Waals surface area contributed by atoms with E-state index in [0.717, 1.165) is 22.3 Å². The number of benzene rings is 2. The molecule has 0 saturated carbocycles. The molecule has 0 saturated heterocycles. The molecule has 2 aromatic carbocycles. The third-order valence-corrected chi connectivity index (χ3v) is 4.94. The molecule has 158 valence electrons. The second kappa shape index (κ2) is 8.70. The maximum Gasteiger partial charge on any atom is 0.407 e. The summed E-state index contributed by atoms with van der Waals surface area (Å²) in [4.78, 5) is 34.4. The quantitative estimate of drug-likeness (QED) is 0.534. The zero-order valence-electron chi connectivity index (χ0n) is 16.3. The molecule has 0 unspecified atom stereocenters. The predicted molar refractivity (Wildman–Crippen MR) is 108 cm³/mol. The van der Waals surface area contributed by atoms with Crippen LogP contribution in [0.1, 0.15) is 33.3 Å². The van der Waals surface area contributed by atoms with E-state index in [9.17, 15) is 14.4 Å². The van der Waals surface area contributed by atoms with E-state index >= 15 is 0 Å². The second-order valence-corrected chi connectivity index (χ2v) is 6.93. The molecule has 9 nitrogen and oxygen atoms in total. The highest BCUT2D eigenvalue weighted by molar-refractivity contribution is 5.94. The number of hydrogen-bond donors (Lipinski definition) is 3. The highest BCUT2D eigenvalue weighted by Crippen LogP contribution is 2.44. The monoisotopic (exact) mass is 421 g/mol. The van der Waals surface area contributed by atoms with Crippen molar-refractivity contribution in [1.29, 1.82) is 0 Å². The molecule has 0 radical (unpaired) electrons. The molecule has 2 amide bonds. The van der Waals surface area contributed by atoms with E-state index in [2.05, 4.69) is 27.9 Å². The molecule has 1 aliphatic rings. The molecule has 3 N–H and O–H groups in total. The van der Waals surface area contributed by atoms with Gasteiger partial charge >= 0.3 is 12.1 Å². The lowest BCUT2D eigenvalue weighted by Gasteiger charge is -2.14. The van der Waals surface area contributed by atoms with Crippen molar-refractivity contribution in [2.24, 2.45) is 0 Å². The molecule has 31 heavy (non-hydrogen) atoms. The van der Waals surface area contributed by atoms with Gasteiger partial charge in [0.25, 0.3) is 5.91 Å². The van der Waals surface area contributed by atoms with E-state index in [-0.39, 0.29) is 30.5 Å². The van der Waals surface area contributed by atoms with Gasteiger partial charge in [0.2, 0.25) is 0 Å². The van der Waals surface area contributed by atoms with Gasteiger partial charge < -0.3 is 25.0 Å². The highest BCUT2D eigenvalue weighted by atomic mass is 16.5. The van der Waals surface area contributed by atoms with Crippen LogP contribution in [0.15, 0.2) is 59.1 Å². The number of nitrogens with zero attached hydrogens (tertiary/aromatic N) is 1. The van der Waals surface area contributed by atoms with Gasteiger partial charge in [-0.1, -0.05) is 53.7 Å². The van der Waals surface area contributed by atoms with Gasteiger partial charge in [-0.05, 0) is 22.3 Å². The average Bonchev–Trinajstić information content (AvgIpc) is 3.38. The van der Waals surface area contributed by atoms with Crippen LogP contribution in [0, 0.1) is 0 Å². The summed E-state index contributed by atoms with van der Waals surface area (Å²) in [5.74, 6) is -1.67. The first kappa shape index (κ1) is 20.1. The molecule has 0 bridgehead atoms. The number of amides is 2. The number of nitrogens with one attached hydrogen (secondary N) is 2. The summed E-state index contributed by atoms with van der Waals surface area (Å²) < 4.78 is 10.4. The fraction of sp³-hybridized carbons (Fsp3) is 0.182. The van der Waals surface area contributed by atoms with E-state index in [1.807, 2.05) is 36.4 Å². The Labute approximate surface area is 177 Å². The number of aromatic nitrogens is 1. The molecular weight excluding hydrogens is 402 g/mol. The number of rotatable bonds is 7. The van der Waals surface area contributed by atoms with E-state index in [1.165, 1.54) is 6.07 Å². The first-order valence-electron chi connectivity index (χ1n) is 9.57. The summed E-state index contributed by atoms with van der Waals surface area (Å²) in [6, 6.07) is 17.4. The molecule has 1 heterocycles. The van der Waals surface area contributed by atoms with Crippen LogP contribution in [0.3, 0.4) is 0 Å². The van der Waals surface area contributed by atoms with Gasteiger partial charge in [-0.2, -0.15) is 0 Å². The molecule has 4 rings (SSSR count).